The molecule has 0 radical (unpaired) electrons. The van der Waals surface area contributed by atoms with Crippen molar-refractivity contribution in [2.45, 2.75) is 25.9 Å². The average Bonchev–Trinajstić information content (AvgIpc) is 2.81. The lowest BCUT2D eigenvalue weighted by Gasteiger charge is -2.24. The normalized spacial score (nSPS) is 18.7. The maximum atomic E-state index is 13.7. The molecule has 1 atom stereocenters. The van der Waals surface area contributed by atoms with Gasteiger partial charge in [-0.15, -0.1) is 5.10 Å². The molecule has 1 N–H and O–H groups in total. The predicted octanol–water partition coefficient (Wildman–Crippen LogP) is 1.18. The van der Waals surface area contributed by atoms with Crippen molar-refractivity contribution in [1.82, 2.24) is 15.0 Å². The summed E-state index contributed by atoms with van der Waals surface area (Å²) in [6.07, 6.45) is -0.369. The molecule has 1 aliphatic heterocycles. The Kier molecular flexibility index (Phi) is 2.81. The van der Waals surface area contributed by atoms with Gasteiger partial charge in [0.05, 0.1) is 25.5 Å². The Morgan fingerprint density at radius 1 is 1.44 bits per heavy atom. The predicted molar refractivity (Wildman–Crippen MR) is 59.9 cm³/mol. The van der Waals surface area contributed by atoms with Crippen LogP contribution in [0.4, 0.5) is 4.39 Å². The summed E-state index contributed by atoms with van der Waals surface area (Å²) >= 11 is 0. The first-order chi connectivity index (χ1) is 8.79. The number of nitrogens with zero attached hydrogens (tertiary/aromatic N) is 3. The van der Waals surface area contributed by atoms with Crippen LogP contribution in [0.25, 0.3) is 0 Å². The fourth-order valence-electron chi connectivity index (χ4n) is 2.11. The van der Waals surface area contributed by atoms with E-state index in [1.807, 2.05) is 0 Å². The van der Waals surface area contributed by atoms with Crippen LogP contribution in [0.15, 0.2) is 24.3 Å². The third kappa shape index (κ3) is 1.79. The number of hydrogen-bond acceptors (Lipinski definition) is 4. The molecular weight excluding hydrogens is 237 g/mol. The van der Waals surface area contributed by atoms with E-state index in [-0.39, 0.29) is 25.1 Å². The van der Waals surface area contributed by atoms with E-state index in [2.05, 4.69) is 10.3 Å². The summed E-state index contributed by atoms with van der Waals surface area (Å²) in [4.78, 5) is 0. The van der Waals surface area contributed by atoms with Crippen LogP contribution >= 0.6 is 0 Å². The second-order valence-electron chi connectivity index (χ2n) is 4.14. The maximum Gasteiger partial charge on any atom is 0.129 e. The van der Waals surface area contributed by atoms with Gasteiger partial charge in [0.2, 0.25) is 0 Å². The zero-order valence-electron chi connectivity index (χ0n) is 9.58. The summed E-state index contributed by atoms with van der Waals surface area (Å²) in [5.41, 5.74) is 1.79. The van der Waals surface area contributed by atoms with Gasteiger partial charge in [-0.25, -0.2) is 9.07 Å². The molecular formula is C12H12FN3O2. The molecule has 2 heterocycles. The summed E-state index contributed by atoms with van der Waals surface area (Å²) in [5, 5.41) is 16.9. The van der Waals surface area contributed by atoms with Crippen LogP contribution < -0.4 is 0 Å². The molecule has 5 nitrogen and oxygen atoms in total. The number of benzene rings is 1. The number of aliphatic hydroxyl groups excluding tert-OH is 1. The Bertz CT molecular complexity index is 570. The Morgan fingerprint density at radius 2 is 2.28 bits per heavy atom. The van der Waals surface area contributed by atoms with Crippen LogP contribution in [0, 0.1) is 5.82 Å². The number of hydrogen-bond donors (Lipinski definition) is 1. The Labute approximate surface area is 103 Å². The van der Waals surface area contributed by atoms with Crippen molar-refractivity contribution in [3.8, 4) is 0 Å². The summed E-state index contributed by atoms with van der Waals surface area (Å²) < 4.78 is 20.9. The van der Waals surface area contributed by atoms with Gasteiger partial charge in [-0.05, 0) is 6.07 Å². The summed E-state index contributed by atoms with van der Waals surface area (Å²) in [7, 11) is 0. The van der Waals surface area contributed by atoms with Crippen molar-refractivity contribution < 1.29 is 14.2 Å². The smallest absolute Gasteiger partial charge is 0.129 e. The minimum absolute atomic E-state index is 0.164. The monoisotopic (exact) mass is 249 g/mol. The van der Waals surface area contributed by atoms with Gasteiger partial charge in [0.15, 0.2) is 0 Å². The molecule has 0 saturated heterocycles. The zero-order chi connectivity index (χ0) is 12.5. The van der Waals surface area contributed by atoms with E-state index in [9.17, 15) is 4.39 Å². The van der Waals surface area contributed by atoms with E-state index in [1.165, 1.54) is 6.07 Å². The number of aliphatic hydroxyl groups is 1. The largest absolute Gasteiger partial charge is 0.390 e. The number of halogens is 1. The highest BCUT2D eigenvalue weighted by atomic mass is 19.1. The van der Waals surface area contributed by atoms with E-state index in [1.54, 1.807) is 22.9 Å². The molecule has 0 saturated carbocycles. The molecule has 18 heavy (non-hydrogen) atoms. The van der Waals surface area contributed by atoms with E-state index in [0.717, 1.165) is 5.69 Å². The van der Waals surface area contributed by atoms with Crippen LogP contribution in [0.1, 0.15) is 23.1 Å². The number of fused-ring (bicyclic) bond motifs is 1. The molecule has 1 aromatic heterocycles. The number of ether oxygens (including phenoxy) is 1. The summed E-state index contributed by atoms with van der Waals surface area (Å²) in [6.45, 7) is 0.522. The number of rotatable bonds is 2. The van der Waals surface area contributed by atoms with Gasteiger partial charge in [0.25, 0.3) is 0 Å². The van der Waals surface area contributed by atoms with Crippen molar-refractivity contribution in [3.63, 3.8) is 0 Å². The summed E-state index contributed by atoms with van der Waals surface area (Å²) in [5.74, 6) is -0.284. The van der Waals surface area contributed by atoms with Crippen LogP contribution in [0.5, 0.6) is 0 Å². The molecule has 2 aromatic rings. The van der Waals surface area contributed by atoms with Crippen molar-refractivity contribution in [1.29, 1.82) is 0 Å². The van der Waals surface area contributed by atoms with Gasteiger partial charge in [-0.1, -0.05) is 23.4 Å². The van der Waals surface area contributed by atoms with Crippen molar-refractivity contribution in [3.05, 3.63) is 47.0 Å². The fourth-order valence-corrected chi connectivity index (χ4v) is 2.11. The SMILES string of the molecule is OCc1nnn2c1COC(c1ccccc1F)C2. The first kappa shape index (κ1) is 11.3. The van der Waals surface area contributed by atoms with Crippen LogP contribution in [0.2, 0.25) is 0 Å². The highest BCUT2D eigenvalue weighted by Crippen LogP contribution is 2.28. The van der Waals surface area contributed by atoms with E-state index < -0.39 is 0 Å². The molecule has 6 heteroatoms. The van der Waals surface area contributed by atoms with Gasteiger partial charge < -0.3 is 9.84 Å². The molecule has 0 bridgehead atoms. The zero-order valence-corrected chi connectivity index (χ0v) is 9.58. The molecule has 3 rings (SSSR count). The quantitative estimate of drug-likeness (QED) is 0.868. The molecule has 0 spiro atoms. The maximum absolute atomic E-state index is 13.7. The molecule has 1 aromatic carbocycles. The molecule has 1 unspecified atom stereocenters. The van der Waals surface area contributed by atoms with Crippen molar-refractivity contribution in [2.75, 3.05) is 0 Å². The third-order valence-corrected chi connectivity index (χ3v) is 3.08. The van der Waals surface area contributed by atoms with Gasteiger partial charge in [0.1, 0.15) is 17.6 Å². The van der Waals surface area contributed by atoms with E-state index in [0.29, 0.717) is 17.8 Å². The minimum Gasteiger partial charge on any atom is -0.390 e. The van der Waals surface area contributed by atoms with Crippen molar-refractivity contribution >= 4 is 0 Å². The Morgan fingerprint density at radius 3 is 3.06 bits per heavy atom. The highest BCUT2D eigenvalue weighted by Gasteiger charge is 2.26. The van der Waals surface area contributed by atoms with Crippen LogP contribution in [0.3, 0.4) is 0 Å². The molecule has 94 valence electrons. The van der Waals surface area contributed by atoms with Crippen LogP contribution in [-0.4, -0.2) is 20.1 Å². The highest BCUT2D eigenvalue weighted by molar-refractivity contribution is 5.21. The van der Waals surface area contributed by atoms with Gasteiger partial charge in [-0.3, -0.25) is 0 Å². The Hall–Kier alpha value is -1.79. The minimum atomic E-state index is -0.369. The molecule has 0 fully saturated rings. The first-order valence-electron chi connectivity index (χ1n) is 5.67. The van der Waals surface area contributed by atoms with Gasteiger partial charge in [-0.2, -0.15) is 0 Å². The lowest BCUT2D eigenvalue weighted by molar-refractivity contribution is -0.00425. The lowest BCUT2D eigenvalue weighted by Crippen LogP contribution is -2.23. The van der Waals surface area contributed by atoms with Crippen molar-refractivity contribution in [2.24, 2.45) is 0 Å². The third-order valence-electron chi connectivity index (χ3n) is 3.08. The fraction of sp³-hybridized carbons (Fsp3) is 0.333. The van der Waals surface area contributed by atoms with Gasteiger partial charge in [0, 0.05) is 5.56 Å². The standard InChI is InChI=1S/C12H12FN3O2/c13-9-4-2-1-3-8(9)12-5-16-11(7-18-12)10(6-17)14-15-16/h1-4,12,17H,5-7H2. The van der Waals surface area contributed by atoms with E-state index >= 15 is 0 Å². The lowest BCUT2D eigenvalue weighted by atomic mass is 10.1. The summed E-state index contributed by atoms with van der Waals surface area (Å²) in [6, 6.07) is 6.54. The first-order valence-corrected chi connectivity index (χ1v) is 5.67. The number of aromatic nitrogens is 3. The Balaban J connectivity index is 1.89. The topological polar surface area (TPSA) is 60.2 Å². The molecule has 0 aliphatic carbocycles. The van der Waals surface area contributed by atoms with Crippen LogP contribution in [-0.2, 0) is 24.5 Å². The molecule has 0 amide bonds. The van der Waals surface area contributed by atoms with E-state index in [4.69, 9.17) is 9.84 Å². The second-order valence-corrected chi connectivity index (χ2v) is 4.14. The second kappa shape index (κ2) is 4.47. The molecule has 1 aliphatic rings. The van der Waals surface area contributed by atoms with Gasteiger partial charge >= 0.3 is 0 Å². The average molecular weight is 249 g/mol.